The Morgan fingerprint density at radius 3 is 2.16 bits per heavy atom. The molecule has 32 heavy (non-hydrogen) atoms. The number of anilines is 1. The number of amides is 1. The van der Waals surface area contributed by atoms with E-state index in [0.717, 1.165) is 16.7 Å². The number of thioether (sulfide) groups is 1. The molecule has 164 valence electrons. The van der Waals surface area contributed by atoms with Gasteiger partial charge in [0.15, 0.2) is 17.3 Å². The Hall–Kier alpha value is -3.59. The molecule has 1 aromatic heterocycles. The van der Waals surface area contributed by atoms with Gasteiger partial charge in [-0.1, -0.05) is 29.8 Å². The van der Waals surface area contributed by atoms with Gasteiger partial charge in [0.1, 0.15) is 15.9 Å². The lowest BCUT2D eigenvalue weighted by Crippen LogP contribution is -2.28. The number of rotatable bonds is 4. The fourth-order valence-electron chi connectivity index (χ4n) is 3.37. The topological polar surface area (TPSA) is 86.0 Å². The Morgan fingerprint density at radius 1 is 0.906 bits per heavy atom. The lowest BCUT2D eigenvalue weighted by molar-refractivity contribution is -0.116. The number of fused-ring (bicyclic) bond motifs is 1. The highest BCUT2D eigenvalue weighted by Crippen LogP contribution is 2.41. The molecule has 1 amide bonds. The number of methoxy groups -OCH3 is 2. The minimum absolute atomic E-state index is 0.209. The van der Waals surface area contributed by atoms with Crippen LogP contribution in [0.5, 0.6) is 11.5 Å². The summed E-state index contributed by atoms with van der Waals surface area (Å²) in [6.07, 6.45) is 0. The van der Waals surface area contributed by atoms with Crippen LogP contribution in [0.15, 0.2) is 52.6 Å². The van der Waals surface area contributed by atoms with E-state index in [2.05, 4.69) is 10.1 Å². The smallest absolute Gasteiger partial charge is 0.245 e. The van der Waals surface area contributed by atoms with Crippen molar-refractivity contribution in [3.63, 3.8) is 0 Å². The van der Waals surface area contributed by atoms with E-state index in [1.165, 1.54) is 35.2 Å². The monoisotopic (exact) mass is 450 g/mol. The predicted octanol–water partition coefficient (Wildman–Crippen LogP) is 4.36. The van der Waals surface area contributed by atoms with Crippen LogP contribution in [0.4, 0.5) is 5.82 Å². The molecule has 2 aromatic carbocycles. The molecule has 3 aromatic rings. The third kappa shape index (κ3) is 3.75. The van der Waals surface area contributed by atoms with Crippen LogP contribution in [0.1, 0.15) is 29.8 Å². The summed E-state index contributed by atoms with van der Waals surface area (Å²) in [6.45, 7) is 4.87. The van der Waals surface area contributed by atoms with E-state index in [1.54, 1.807) is 26.4 Å². The minimum atomic E-state index is -0.312. The zero-order valence-electron chi connectivity index (χ0n) is 18.4. The normalized spacial score (nSPS) is 12.8. The third-order valence-electron chi connectivity index (χ3n) is 4.96. The van der Waals surface area contributed by atoms with Crippen LogP contribution in [0, 0.1) is 6.92 Å². The van der Waals surface area contributed by atoms with E-state index in [9.17, 15) is 9.59 Å². The second-order valence-corrected chi connectivity index (χ2v) is 8.17. The van der Waals surface area contributed by atoms with Gasteiger partial charge in [-0.2, -0.15) is 10.1 Å². The lowest BCUT2D eigenvalue weighted by Gasteiger charge is -2.22. The molecule has 0 N–H and O–H groups in total. The molecule has 0 radical (unpaired) electrons. The maximum Gasteiger partial charge on any atom is 0.245 e. The van der Waals surface area contributed by atoms with Gasteiger partial charge in [-0.25, -0.2) is 4.98 Å². The van der Waals surface area contributed by atoms with E-state index in [4.69, 9.17) is 9.47 Å². The summed E-state index contributed by atoms with van der Waals surface area (Å²) in [5, 5.41) is 6.82. The van der Waals surface area contributed by atoms with Gasteiger partial charge in [-0.05, 0) is 36.9 Å². The van der Waals surface area contributed by atoms with Crippen molar-refractivity contribution in [2.45, 2.75) is 25.8 Å². The molecule has 0 saturated carbocycles. The van der Waals surface area contributed by atoms with Crippen molar-refractivity contribution < 1.29 is 19.1 Å². The molecule has 1 aliphatic heterocycles. The van der Waals surface area contributed by atoms with Gasteiger partial charge < -0.3 is 9.47 Å². The first-order valence-corrected chi connectivity index (χ1v) is 10.7. The number of hydrazone groups is 1. The minimum Gasteiger partial charge on any atom is -0.493 e. The summed E-state index contributed by atoms with van der Waals surface area (Å²) in [6, 6.07) is 13.1. The van der Waals surface area contributed by atoms with Crippen LogP contribution < -0.4 is 14.5 Å². The van der Waals surface area contributed by atoms with Crippen LogP contribution in [-0.2, 0) is 4.79 Å². The van der Waals surface area contributed by atoms with Crippen LogP contribution in [0.2, 0.25) is 0 Å². The maximum atomic E-state index is 12.7. The molecule has 0 fully saturated rings. The first-order chi connectivity index (χ1) is 15.3. The summed E-state index contributed by atoms with van der Waals surface area (Å²) < 4.78 is 12.2. The Morgan fingerprint density at radius 2 is 1.56 bits per heavy atom. The number of imidazole rings is 1. The summed E-state index contributed by atoms with van der Waals surface area (Å²) in [5.74, 6) is 1.39. The molecule has 0 spiro atoms. The van der Waals surface area contributed by atoms with Gasteiger partial charge in [0.05, 0.1) is 14.2 Å². The average Bonchev–Trinajstić information content (AvgIpc) is 3.18. The molecule has 8 nitrogen and oxygen atoms in total. The lowest BCUT2D eigenvalue weighted by atomic mass is 10.1. The van der Waals surface area contributed by atoms with Crippen molar-refractivity contribution in [1.82, 2.24) is 9.55 Å². The Kier molecular flexibility index (Phi) is 5.75. The molecule has 4 rings (SSSR count). The van der Waals surface area contributed by atoms with Crippen molar-refractivity contribution in [3.05, 3.63) is 53.6 Å². The summed E-state index contributed by atoms with van der Waals surface area (Å²) >= 11 is 1.28. The first-order valence-electron chi connectivity index (χ1n) is 9.84. The third-order valence-corrected chi connectivity index (χ3v) is 6.03. The van der Waals surface area contributed by atoms with Crippen LogP contribution in [-0.4, -0.2) is 40.6 Å². The Labute approximate surface area is 189 Å². The number of benzene rings is 2. The fraction of sp³-hybridized carbons (Fsp3) is 0.217. The maximum absolute atomic E-state index is 12.7. The zero-order valence-corrected chi connectivity index (χ0v) is 19.2. The summed E-state index contributed by atoms with van der Waals surface area (Å²) in [5.41, 5.74) is 2.59. The second kappa shape index (κ2) is 8.51. The predicted molar refractivity (Wildman–Crippen MR) is 124 cm³/mol. The van der Waals surface area contributed by atoms with Crippen molar-refractivity contribution in [2.75, 3.05) is 19.2 Å². The van der Waals surface area contributed by atoms with E-state index in [0.29, 0.717) is 33.2 Å². The summed E-state index contributed by atoms with van der Waals surface area (Å²) in [4.78, 5) is 29.8. The number of carbonyl (C=O) groups is 2. The SMILES string of the molecule is COc1ccc(C2=NN(C(C)=O)c3nc(-c4ccc(C)cc4)n(C(C)=O)c3S2)cc1OC. The number of hydrogen-bond acceptors (Lipinski definition) is 7. The van der Waals surface area contributed by atoms with Crippen LogP contribution >= 0.6 is 11.8 Å². The molecule has 9 heteroatoms. The number of hydrogen-bond donors (Lipinski definition) is 0. The van der Waals surface area contributed by atoms with Gasteiger partial charge in [-0.3, -0.25) is 14.2 Å². The molecule has 0 bridgehead atoms. The highest BCUT2D eigenvalue weighted by atomic mass is 32.2. The van der Waals surface area contributed by atoms with Crippen molar-refractivity contribution in [3.8, 4) is 22.9 Å². The number of carbonyl (C=O) groups excluding carboxylic acids is 2. The largest absolute Gasteiger partial charge is 0.493 e. The molecule has 0 saturated heterocycles. The Bertz CT molecular complexity index is 1250. The van der Waals surface area contributed by atoms with Gasteiger partial charge in [0.2, 0.25) is 11.8 Å². The van der Waals surface area contributed by atoms with Gasteiger partial charge in [0.25, 0.3) is 0 Å². The van der Waals surface area contributed by atoms with Crippen molar-refractivity contribution in [2.24, 2.45) is 5.10 Å². The molecule has 0 atom stereocenters. The van der Waals surface area contributed by atoms with Crippen LogP contribution in [0.25, 0.3) is 11.4 Å². The standard InChI is InChI=1S/C23H22N4O4S/c1-13-6-8-16(9-7-13)20-24-21-23(26(20)14(2)28)32-22(25-27(21)15(3)29)17-10-11-18(30-4)19(12-17)31-5/h6-12H,1-5H3. The molecule has 1 aliphatic rings. The highest BCUT2D eigenvalue weighted by Gasteiger charge is 2.32. The van der Waals surface area contributed by atoms with Crippen LogP contribution in [0.3, 0.4) is 0 Å². The van der Waals surface area contributed by atoms with E-state index in [1.807, 2.05) is 37.3 Å². The second-order valence-electron chi connectivity index (χ2n) is 7.19. The average molecular weight is 451 g/mol. The zero-order chi connectivity index (χ0) is 23.0. The number of ether oxygens (including phenoxy) is 2. The first kappa shape index (κ1) is 21.6. The molecule has 0 unspecified atom stereocenters. The van der Waals surface area contributed by atoms with E-state index >= 15 is 0 Å². The van der Waals surface area contributed by atoms with Gasteiger partial charge in [-0.15, -0.1) is 0 Å². The van der Waals surface area contributed by atoms with Gasteiger partial charge >= 0.3 is 0 Å². The molecule has 0 aliphatic carbocycles. The van der Waals surface area contributed by atoms with Crippen molar-refractivity contribution >= 4 is 34.4 Å². The quantitative estimate of drug-likeness (QED) is 0.587. The number of aromatic nitrogens is 2. The van der Waals surface area contributed by atoms with Crippen molar-refractivity contribution in [1.29, 1.82) is 0 Å². The number of aryl methyl sites for hydroxylation is 1. The molecule has 2 heterocycles. The Balaban J connectivity index is 1.87. The fourth-order valence-corrected chi connectivity index (χ4v) is 4.45. The van der Waals surface area contributed by atoms with Gasteiger partial charge in [0, 0.05) is 25.0 Å². The highest BCUT2D eigenvalue weighted by molar-refractivity contribution is 8.14. The molecular formula is C23H22N4O4S. The summed E-state index contributed by atoms with van der Waals surface area (Å²) in [7, 11) is 3.11. The van der Waals surface area contributed by atoms with E-state index in [-0.39, 0.29) is 11.8 Å². The number of nitrogens with zero attached hydrogens (tertiary/aromatic N) is 4. The van der Waals surface area contributed by atoms with E-state index < -0.39 is 0 Å². The molecular weight excluding hydrogens is 428 g/mol.